The molecule has 16 heavy (non-hydrogen) atoms. The smallest absolute Gasteiger partial charge is 0.0406 e. The van der Waals surface area contributed by atoms with Crippen molar-refractivity contribution < 1.29 is 4.21 Å². The fraction of sp³-hybridized carbons (Fsp3) is 0.500. The van der Waals surface area contributed by atoms with Gasteiger partial charge in [0.05, 0.1) is 0 Å². The van der Waals surface area contributed by atoms with Crippen LogP contribution in [0.5, 0.6) is 0 Å². The maximum absolute atomic E-state index is 10.9. The van der Waals surface area contributed by atoms with Gasteiger partial charge in [-0.1, -0.05) is 23.7 Å². The van der Waals surface area contributed by atoms with Crippen LogP contribution >= 0.6 is 11.6 Å². The number of rotatable bonds is 6. The second-order valence-corrected chi connectivity index (χ2v) is 5.97. The maximum Gasteiger partial charge on any atom is 0.0406 e. The zero-order valence-corrected chi connectivity index (χ0v) is 11.3. The highest BCUT2D eigenvalue weighted by molar-refractivity contribution is 7.84. The third-order valence-electron chi connectivity index (χ3n) is 2.41. The topological polar surface area (TPSA) is 29.1 Å². The summed E-state index contributed by atoms with van der Waals surface area (Å²) in [5.74, 6) is 0.759. The Morgan fingerprint density at radius 1 is 1.38 bits per heavy atom. The first-order chi connectivity index (χ1) is 7.58. The van der Waals surface area contributed by atoms with E-state index in [0.717, 1.165) is 23.7 Å². The lowest BCUT2D eigenvalue weighted by molar-refractivity contribution is 0.535. The molecule has 0 fully saturated rings. The molecule has 1 aromatic carbocycles. The van der Waals surface area contributed by atoms with E-state index in [0.29, 0.717) is 6.04 Å². The van der Waals surface area contributed by atoms with Crippen LogP contribution in [0.25, 0.3) is 0 Å². The highest BCUT2D eigenvalue weighted by Gasteiger charge is 2.02. The van der Waals surface area contributed by atoms with Gasteiger partial charge in [-0.25, -0.2) is 0 Å². The van der Waals surface area contributed by atoms with Gasteiger partial charge in [0, 0.05) is 40.4 Å². The Kier molecular flexibility index (Phi) is 6.03. The van der Waals surface area contributed by atoms with Crippen molar-refractivity contribution in [1.82, 2.24) is 5.32 Å². The average Bonchev–Trinajstić information content (AvgIpc) is 2.25. The molecular weight excluding hydrogens is 242 g/mol. The minimum Gasteiger partial charge on any atom is -0.310 e. The van der Waals surface area contributed by atoms with E-state index in [-0.39, 0.29) is 0 Å². The predicted octanol–water partition coefficient (Wildman–Crippen LogP) is 2.59. The van der Waals surface area contributed by atoms with Gasteiger partial charge in [0.2, 0.25) is 0 Å². The third kappa shape index (κ3) is 5.64. The van der Waals surface area contributed by atoms with Crippen molar-refractivity contribution in [2.24, 2.45) is 0 Å². The second-order valence-electron chi connectivity index (χ2n) is 3.97. The number of nitrogens with one attached hydrogen (secondary N) is 1. The maximum atomic E-state index is 10.9. The Balaban J connectivity index is 2.28. The fourth-order valence-corrected chi connectivity index (χ4v) is 2.15. The van der Waals surface area contributed by atoms with Gasteiger partial charge in [-0.3, -0.25) is 4.21 Å². The van der Waals surface area contributed by atoms with Crippen molar-refractivity contribution in [2.45, 2.75) is 25.9 Å². The van der Waals surface area contributed by atoms with Gasteiger partial charge in [-0.15, -0.1) is 0 Å². The van der Waals surface area contributed by atoms with E-state index < -0.39 is 10.8 Å². The van der Waals surface area contributed by atoms with Crippen LogP contribution in [-0.4, -0.2) is 22.3 Å². The molecule has 1 aromatic rings. The molecule has 1 rings (SSSR count). The number of halogens is 1. The Labute approximate surface area is 105 Å². The number of hydrogen-bond acceptors (Lipinski definition) is 2. The van der Waals surface area contributed by atoms with Crippen LogP contribution in [0.3, 0.4) is 0 Å². The normalized spacial score (nSPS) is 14.7. The highest BCUT2D eigenvalue weighted by atomic mass is 35.5. The van der Waals surface area contributed by atoms with Gasteiger partial charge >= 0.3 is 0 Å². The van der Waals surface area contributed by atoms with Crippen LogP contribution in [0, 0.1) is 0 Å². The monoisotopic (exact) mass is 259 g/mol. The Hall–Kier alpha value is -0.380. The highest BCUT2D eigenvalue weighted by Crippen LogP contribution is 2.09. The molecule has 4 heteroatoms. The summed E-state index contributed by atoms with van der Waals surface area (Å²) in [6.07, 6.45) is 2.68. The molecule has 0 radical (unpaired) electrons. The summed E-state index contributed by atoms with van der Waals surface area (Å²) in [6.45, 7) is 2.94. The predicted molar refractivity (Wildman–Crippen MR) is 71.3 cm³/mol. The van der Waals surface area contributed by atoms with Crippen LogP contribution < -0.4 is 5.32 Å². The van der Waals surface area contributed by atoms with Crippen molar-refractivity contribution in [2.75, 3.05) is 12.0 Å². The lowest BCUT2D eigenvalue weighted by atomic mass is 10.2. The van der Waals surface area contributed by atoms with Crippen molar-refractivity contribution in [3.63, 3.8) is 0 Å². The van der Waals surface area contributed by atoms with E-state index >= 15 is 0 Å². The molecule has 1 N–H and O–H groups in total. The first-order valence-electron chi connectivity index (χ1n) is 5.36. The van der Waals surface area contributed by atoms with Crippen LogP contribution in [0.2, 0.25) is 5.02 Å². The largest absolute Gasteiger partial charge is 0.310 e. The summed E-state index contributed by atoms with van der Waals surface area (Å²) in [5, 5.41) is 4.16. The SMILES string of the molecule is CC(CCS(C)=O)NCc1ccc(Cl)cc1. The molecule has 0 saturated carbocycles. The molecule has 0 saturated heterocycles. The Bertz CT molecular complexity index is 339. The standard InChI is InChI=1S/C12H18ClNOS/c1-10(7-8-16(2)15)14-9-11-3-5-12(13)6-4-11/h3-6,10,14H,7-9H2,1-2H3. The fourth-order valence-electron chi connectivity index (χ4n) is 1.34. The molecule has 0 aliphatic heterocycles. The molecule has 0 bridgehead atoms. The molecular formula is C12H18ClNOS. The lowest BCUT2D eigenvalue weighted by Crippen LogP contribution is -2.26. The molecule has 90 valence electrons. The van der Waals surface area contributed by atoms with Gasteiger partial charge in [-0.05, 0) is 31.0 Å². The number of hydrogen-bond donors (Lipinski definition) is 1. The second kappa shape index (κ2) is 7.05. The van der Waals surface area contributed by atoms with Gasteiger partial charge in [-0.2, -0.15) is 0 Å². The zero-order chi connectivity index (χ0) is 12.0. The molecule has 2 unspecified atom stereocenters. The van der Waals surface area contributed by atoms with Crippen LogP contribution in [0.1, 0.15) is 18.9 Å². The van der Waals surface area contributed by atoms with Gasteiger partial charge in [0.15, 0.2) is 0 Å². The summed E-state index contributed by atoms with van der Waals surface area (Å²) >= 11 is 5.80. The van der Waals surface area contributed by atoms with Crippen molar-refractivity contribution in [3.8, 4) is 0 Å². The quantitative estimate of drug-likeness (QED) is 0.851. The third-order valence-corrected chi connectivity index (χ3v) is 3.47. The first-order valence-corrected chi connectivity index (χ1v) is 7.46. The van der Waals surface area contributed by atoms with Crippen molar-refractivity contribution in [1.29, 1.82) is 0 Å². The molecule has 2 nitrogen and oxygen atoms in total. The van der Waals surface area contributed by atoms with Gasteiger partial charge in [0.25, 0.3) is 0 Å². The molecule has 0 aliphatic carbocycles. The molecule has 2 atom stereocenters. The van der Waals surface area contributed by atoms with Crippen molar-refractivity contribution in [3.05, 3.63) is 34.9 Å². The Morgan fingerprint density at radius 3 is 2.56 bits per heavy atom. The molecule has 0 spiro atoms. The molecule has 0 aliphatic rings. The van der Waals surface area contributed by atoms with Crippen LogP contribution in [-0.2, 0) is 17.3 Å². The summed E-state index contributed by atoms with van der Waals surface area (Å²) in [4.78, 5) is 0. The Morgan fingerprint density at radius 2 is 2.00 bits per heavy atom. The van der Waals surface area contributed by atoms with E-state index in [2.05, 4.69) is 12.2 Å². The van der Waals surface area contributed by atoms with Crippen molar-refractivity contribution >= 4 is 22.4 Å². The van der Waals surface area contributed by atoms with Crippen LogP contribution in [0.15, 0.2) is 24.3 Å². The minimum atomic E-state index is -0.695. The summed E-state index contributed by atoms with van der Waals surface area (Å²) < 4.78 is 10.9. The summed E-state index contributed by atoms with van der Waals surface area (Å²) in [7, 11) is -0.695. The van der Waals surface area contributed by atoms with Gasteiger partial charge < -0.3 is 5.32 Å². The van der Waals surface area contributed by atoms with E-state index in [1.165, 1.54) is 5.56 Å². The summed E-state index contributed by atoms with van der Waals surface area (Å²) in [6, 6.07) is 8.20. The summed E-state index contributed by atoms with van der Waals surface area (Å²) in [5.41, 5.74) is 1.22. The average molecular weight is 260 g/mol. The van der Waals surface area contributed by atoms with E-state index in [1.807, 2.05) is 24.3 Å². The van der Waals surface area contributed by atoms with Gasteiger partial charge in [0.1, 0.15) is 0 Å². The minimum absolute atomic E-state index is 0.388. The first kappa shape index (κ1) is 13.7. The van der Waals surface area contributed by atoms with E-state index in [1.54, 1.807) is 6.26 Å². The number of benzene rings is 1. The molecule has 0 aromatic heterocycles. The van der Waals surface area contributed by atoms with Crippen LogP contribution in [0.4, 0.5) is 0 Å². The molecule has 0 heterocycles. The molecule has 0 amide bonds. The van der Waals surface area contributed by atoms with E-state index in [4.69, 9.17) is 11.6 Å². The van der Waals surface area contributed by atoms with E-state index in [9.17, 15) is 4.21 Å². The lowest BCUT2D eigenvalue weighted by Gasteiger charge is -2.12. The zero-order valence-electron chi connectivity index (χ0n) is 9.70.